The molecule has 0 radical (unpaired) electrons. The smallest absolute Gasteiger partial charge is 0.209 e. The van der Waals surface area contributed by atoms with E-state index in [1.54, 1.807) is 12.3 Å². The Morgan fingerprint density at radius 3 is 1.90 bits per heavy atom. The highest BCUT2D eigenvalue weighted by Gasteiger charge is 2.14. The lowest BCUT2D eigenvalue weighted by Gasteiger charge is -2.16. The van der Waals surface area contributed by atoms with Gasteiger partial charge in [0, 0.05) is 6.21 Å². The lowest BCUT2D eigenvalue weighted by atomic mass is 9.93. The maximum absolute atomic E-state index is 5.66. The summed E-state index contributed by atoms with van der Waals surface area (Å²) in [7, 11) is 0. The van der Waals surface area contributed by atoms with Crippen LogP contribution in [0.1, 0.15) is 50.7 Å². The first-order valence-electron chi connectivity index (χ1n) is 6.63. The van der Waals surface area contributed by atoms with E-state index in [1.807, 2.05) is 0 Å². The molecule has 0 aliphatic rings. The highest BCUT2D eigenvalue weighted by Crippen LogP contribution is 2.34. The normalized spacial score (nSPS) is 13.2. The molecule has 0 aliphatic heterocycles. The first-order valence-corrected chi connectivity index (χ1v) is 7.77. The van der Waals surface area contributed by atoms with Crippen molar-refractivity contribution in [3.63, 3.8) is 0 Å². The summed E-state index contributed by atoms with van der Waals surface area (Å²) in [6, 6.07) is 6.31. The fourth-order valence-electron chi connectivity index (χ4n) is 1.93. The zero-order valence-electron chi connectivity index (χ0n) is 12.2. The predicted molar refractivity (Wildman–Crippen MR) is 92.2 cm³/mol. The summed E-state index contributed by atoms with van der Waals surface area (Å²) in [5, 5.41) is 0. The van der Waals surface area contributed by atoms with Crippen molar-refractivity contribution in [1.29, 1.82) is 0 Å². The van der Waals surface area contributed by atoms with E-state index in [0.717, 1.165) is 5.69 Å². The van der Waals surface area contributed by atoms with Gasteiger partial charge in [-0.3, -0.25) is 4.99 Å². The largest absolute Gasteiger partial charge is 0.256 e. The molecule has 0 bridgehead atoms. The fourth-order valence-corrected chi connectivity index (χ4v) is 2.15. The summed E-state index contributed by atoms with van der Waals surface area (Å²) in [4.78, 5) is 4.56. The molecule has 1 rings (SSSR count). The van der Waals surface area contributed by atoms with Crippen LogP contribution in [0.5, 0.6) is 0 Å². The van der Waals surface area contributed by atoms with E-state index in [-0.39, 0.29) is 0 Å². The Labute approximate surface area is 136 Å². The molecule has 0 saturated carbocycles. The second kappa shape index (κ2) is 7.49. The number of alkyl halides is 3. The third-order valence-electron chi connectivity index (χ3n) is 2.92. The summed E-state index contributed by atoms with van der Waals surface area (Å²) in [6.45, 7) is 8.65. The monoisotopic (exact) mass is 331 g/mol. The number of benzene rings is 1. The van der Waals surface area contributed by atoms with Gasteiger partial charge in [-0.2, -0.15) is 0 Å². The molecule has 1 aromatic rings. The Morgan fingerprint density at radius 1 is 1.00 bits per heavy atom. The second-order valence-electron chi connectivity index (χ2n) is 5.27. The van der Waals surface area contributed by atoms with E-state index in [9.17, 15) is 0 Å². The average molecular weight is 333 g/mol. The van der Waals surface area contributed by atoms with Gasteiger partial charge in [-0.25, -0.2) is 0 Å². The molecular weight excluding hydrogens is 313 g/mol. The molecule has 0 unspecified atom stereocenters. The standard InChI is InChI=1S/C16H20Cl3N/c1-11(2)13-7-5-8-14(12(3)4)15(13)20-10-6-9-16(17,18)19/h5-12H,1-4H3/b9-6-,20-10+. The van der Waals surface area contributed by atoms with Crippen molar-refractivity contribution in [3.8, 4) is 0 Å². The van der Waals surface area contributed by atoms with E-state index in [2.05, 4.69) is 50.9 Å². The van der Waals surface area contributed by atoms with Gasteiger partial charge in [0.15, 0.2) is 0 Å². The molecule has 110 valence electrons. The third kappa shape index (κ3) is 5.47. The number of allylic oxidation sites excluding steroid dienone is 2. The van der Waals surface area contributed by atoms with Gasteiger partial charge >= 0.3 is 0 Å². The molecule has 0 amide bonds. The molecule has 0 saturated heterocycles. The molecule has 20 heavy (non-hydrogen) atoms. The Balaban J connectivity index is 3.14. The summed E-state index contributed by atoms with van der Waals surface area (Å²) < 4.78 is -1.38. The van der Waals surface area contributed by atoms with Crippen LogP contribution in [0, 0.1) is 0 Å². The van der Waals surface area contributed by atoms with E-state index in [1.165, 1.54) is 17.2 Å². The summed E-state index contributed by atoms with van der Waals surface area (Å²) in [6.07, 6.45) is 4.82. The van der Waals surface area contributed by atoms with Crippen LogP contribution in [0.3, 0.4) is 0 Å². The minimum atomic E-state index is -1.38. The lowest BCUT2D eigenvalue weighted by Crippen LogP contribution is -1.96. The number of rotatable bonds is 4. The van der Waals surface area contributed by atoms with Crippen molar-refractivity contribution < 1.29 is 0 Å². The molecule has 0 spiro atoms. The maximum Gasteiger partial charge on any atom is 0.209 e. The van der Waals surface area contributed by atoms with Gasteiger partial charge in [0.05, 0.1) is 5.69 Å². The van der Waals surface area contributed by atoms with Crippen LogP contribution in [0.15, 0.2) is 35.3 Å². The molecule has 0 aromatic heterocycles. The number of halogens is 3. The van der Waals surface area contributed by atoms with Crippen LogP contribution in [0.25, 0.3) is 0 Å². The number of para-hydroxylation sites is 1. The molecule has 1 aromatic carbocycles. The first-order chi connectivity index (χ1) is 9.22. The van der Waals surface area contributed by atoms with Crippen molar-refractivity contribution >= 4 is 46.7 Å². The molecule has 4 heteroatoms. The van der Waals surface area contributed by atoms with Gasteiger partial charge in [-0.1, -0.05) is 80.7 Å². The highest BCUT2D eigenvalue weighted by molar-refractivity contribution is 6.69. The van der Waals surface area contributed by atoms with Crippen molar-refractivity contribution in [3.05, 3.63) is 41.5 Å². The van der Waals surface area contributed by atoms with E-state index < -0.39 is 3.79 Å². The van der Waals surface area contributed by atoms with Gasteiger partial charge in [0.2, 0.25) is 3.79 Å². The summed E-state index contributed by atoms with van der Waals surface area (Å²) >= 11 is 17.0. The number of nitrogens with zero attached hydrogens (tertiary/aromatic N) is 1. The van der Waals surface area contributed by atoms with Crippen molar-refractivity contribution in [2.24, 2.45) is 4.99 Å². The zero-order valence-corrected chi connectivity index (χ0v) is 14.5. The van der Waals surface area contributed by atoms with Crippen LogP contribution >= 0.6 is 34.8 Å². The number of aliphatic imine (C=N–C) groups is 1. The van der Waals surface area contributed by atoms with Crippen LogP contribution in [-0.2, 0) is 0 Å². The van der Waals surface area contributed by atoms with Crippen LogP contribution in [0.4, 0.5) is 5.69 Å². The maximum atomic E-state index is 5.66. The molecular formula is C16H20Cl3N. The molecule has 0 fully saturated rings. The SMILES string of the molecule is CC(C)c1cccc(C(C)C)c1/N=C/C=C\C(Cl)(Cl)Cl. The van der Waals surface area contributed by atoms with E-state index in [4.69, 9.17) is 34.8 Å². The van der Waals surface area contributed by atoms with Crippen LogP contribution in [-0.4, -0.2) is 10.0 Å². The Morgan fingerprint density at radius 2 is 1.50 bits per heavy atom. The molecule has 1 nitrogen and oxygen atoms in total. The van der Waals surface area contributed by atoms with Gasteiger partial charge in [-0.05, 0) is 35.1 Å². The Kier molecular flexibility index (Phi) is 6.57. The molecule has 0 aliphatic carbocycles. The number of hydrogen-bond acceptors (Lipinski definition) is 1. The highest BCUT2D eigenvalue weighted by atomic mass is 35.6. The van der Waals surface area contributed by atoms with Crippen molar-refractivity contribution in [2.45, 2.75) is 43.3 Å². The van der Waals surface area contributed by atoms with Gasteiger partial charge in [0.25, 0.3) is 0 Å². The quantitative estimate of drug-likeness (QED) is 0.437. The fraction of sp³-hybridized carbons (Fsp3) is 0.438. The van der Waals surface area contributed by atoms with Gasteiger partial charge in [-0.15, -0.1) is 0 Å². The molecule has 0 atom stereocenters. The van der Waals surface area contributed by atoms with Crippen LogP contribution in [0.2, 0.25) is 0 Å². The predicted octanol–water partition coefficient (Wildman–Crippen LogP) is 6.56. The molecule has 0 heterocycles. The van der Waals surface area contributed by atoms with Gasteiger partial charge < -0.3 is 0 Å². The van der Waals surface area contributed by atoms with E-state index >= 15 is 0 Å². The minimum absolute atomic E-state index is 0.415. The average Bonchev–Trinajstić information content (AvgIpc) is 2.32. The minimum Gasteiger partial charge on any atom is -0.256 e. The van der Waals surface area contributed by atoms with Crippen LogP contribution < -0.4 is 0 Å². The lowest BCUT2D eigenvalue weighted by molar-refractivity contribution is 0.835. The Hall–Kier alpha value is -0.500. The second-order valence-corrected chi connectivity index (χ2v) is 7.64. The number of hydrogen-bond donors (Lipinski definition) is 0. The third-order valence-corrected chi connectivity index (χ3v) is 3.30. The van der Waals surface area contributed by atoms with Gasteiger partial charge in [0.1, 0.15) is 0 Å². The van der Waals surface area contributed by atoms with Crippen molar-refractivity contribution in [2.75, 3.05) is 0 Å². The first kappa shape index (κ1) is 17.6. The molecule has 0 N–H and O–H groups in total. The Bertz CT molecular complexity index is 471. The zero-order chi connectivity index (χ0) is 15.3. The van der Waals surface area contributed by atoms with E-state index in [0.29, 0.717) is 11.8 Å². The van der Waals surface area contributed by atoms with Crippen molar-refractivity contribution in [1.82, 2.24) is 0 Å². The topological polar surface area (TPSA) is 12.4 Å². The summed E-state index contributed by atoms with van der Waals surface area (Å²) in [5.41, 5.74) is 3.48. The summed E-state index contributed by atoms with van der Waals surface area (Å²) in [5.74, 6) is 0.830.